The van der Waals surface area contributed by atoms with Crippen LogP contribution in [-0.2, 0) is 47.6 Å². The smallest absolute Gasteiger partial charge is 0.455 e. The predicted molar refractivity (Wildman–Crippen MR) is 170 cm³/mol. The van der Waals surface area contributed by atoms with Gasteiger partial charge in [-0.25, -0.2) is 9.59 Å². The van der Waals surface area contributed by atoms with Gasteiger partial charge in [-0.2, -0.15) is 0 Å². The highest BCUT2D eigenvalue weighted by Crippen LogP contribution is 2.64. The van der Waals surface area contributed by atoms with Crippen LogP contribution in [0, 0.1) is 16.7 Å². The van der Waals surface area contributed by atoms with Gasteiger partial charge in [0.05, 0.1) is 23.5 Å². The number of hydrogen-bond acceptors (Lipinski definition) is 14. The molecule has 5 rings (SSSR count). The van der Waals surface area contributed by atoms with Gasteiger partial charge < -0.3 is 38.6 Å². The van der Waals surface area contributed by atoms with Crippen molar-refractivity contribution in [2.45, 2.75) is 116 Å². The molecule has 14 nitrogen and oxygen atoms in total. The van der Waals surface area contributed by atoms with Gasteiger partial charge in [0.25, 0.3) is 0 Å². The van der Waals surface area contributed by atoms with Crippen molar-refractivity contribution < 1.29 is 67.4 Å². The summed E-state index contributed by atoms with van der Waals surface area (Å²) in [5, 5.41) is 24.9. The van der Waals surface area contributed by atoms with Crippen LogP contribution in [0.2, 0.25) is 0 Å². The first kappa shape index (κ1) is 37.1. The minimum atomic E-state index is -2.78. The van der Waals surface area contributed by atoms with E-state index in [1.807, 2.05) is 0 Å². The Labute approximate surface area is 289 Å². The number of ether oxygens (including phenoxy) is 6. The highest BCUT2D eigenvalue weighted by Gasteiger charge is 2.80. The number of aliphatic hydroxyl groups excluding tert-OH is 1. The lowest BCUT2D eigenvalue weighted by atomic mass is 9.44. The van der Waals surface area contributed by atoms with E-state index >= 15 is 4.79 Å². The maximum absolute atomic E-state index is 15.4. The number of fused-ring (bicyclic) bond motifs is 5. The Morgan fingerprint density at radius 3 is 2.08 bits per heavy atom. The monoisotopic (exact) mass is 700 g/mol. The SMILES string of the molecule is CC(=O)O[C@H]1C(=O)[C@]2(C)[C@@H](OC(=O)OC(C)(C)C)C[C@H]3OC[C@@]3(OC(C)=O)[C@H]2[C@H](OC(=O)c2ccccc2)[C@]2(O)[C@@H](O)C(=O)C(C)=C1C2(C)C. The molecule has 1 aromatic carbocycles. The zero-order valence-electron chi connectivity index (χ0n) is 29.6. The Hall–Kier alpha value is -4.14. The quantitative estimate of drug-likeness (QED) is 0.336. The van der Waals surface area contributed by atoms with Crippen LogP contribution in [0.3, 0.4) is 0 Å². The zero-order valence-corrected chi connectivity index (χ0v) is 29.6. The summed E-state index contributed by atoms with van der Waals surface area (Å²) < 4.78 is 35.0. The van der Waals surface area contributed by atoms with E-state index in [2.05, 4.69) is 0 Å². The molecular formula is C36H44O14. The molecule has 50 heavy (non-hydrogen) atoms. The van der Waals surface area contributed by atoms with E-state index in [-0.39, 0.29) is 29.7 Å². The maximum Gasteiger partial charge on any atom is 0.509 e. The Morgan fingerprint density at radius 1 is 0.940 bits per heavy atom. The Morgan fingerprint density at radius 2 is 1.56 bits per heavy atom. The number of aliphatic hydroxyl groups is 2. The molecule has 1 aliphatic heterocycles. The molecule has 1 heterocycles. The maximum atomic E-state index is 15.4. The molecule has 3 fully saturated rings. The van der Waals surface area contributed by atoms with Crippen LogP contribution in [0.4, 0.5) is 4.79 Å². The molecular weight excluding hydrogens is 656 g/mol. The Kier molecular flexibility index (Phi) is 9.11. The molecule has 0 aromatic heterocycles. The Bertz CT molecular complexity index is 1660. The standard InChI is InChI=1S/C36H44O14/c1-17-23-25(46-18(2)37)28(41)34(9)21(47-31(43)50-32(4,5)6)15-22-35(16-45-22,49-19(3)38)26(34)29(48-30(42)20-13-11-10-12-14-20)36(44,33(23,7)8)27(40)24(17)39/h10-14,21-22,25-27,29,40,44H,15-16H2,1-9H3/t21-,22+,25+,26-,27-,29-,34+,35-,36+/m0/s1. The van der Waals surface area contributed by atoms with Crippen LogP contribution < -0.4 is 0 Å². The second-order valence-corrected chi connectivity index (χ2v) is 15.2. The van der Waals surface area contributed by atoms with Crippen molar-refractivity contribution in [3.63, 3.8) is 0 Å². The molecule has 3 aliphatic carbocycles. The van der Waals surface area contributed by atoms with Crippen LogP contribution >= 0.6 is 0 Å². The number of Topliss-reactive ketones (excluding diaryl/α,β-unsaturated/α-hetero) is 2. The van der Waals surface area contributed by atoms with Gasteiger partial charge in [-0.15, -0.1) is 0 Å². The highest BCUT2D eigenvalue weighted by atomic mass is 16.7. The summed E-state index contributed by atoms with van der Waals surface area (Å²) in [6.45, 7) is 12.1. The molecule has 2 saturated carbocycles. The molecule has 1 aromatic rings. The second-order valence-electron chi connectivity index (χ2n) is 15.2. The van der Waals surface area contributed by atoms with Crippen LogP contribution in [-0.4, -0.2) is 99.8 Å². The van der Waals surface area contributed by atoms with Gasteiger partial charge in [0, 0.05) is 25.7 Å². The lowest BCUT2D eigenvalue weighted by molar-refractivity contribution is -0.348. The summed E-state index contributed by atoms with van der Waals surface area (Å²) in [6, 6.07) is 7.66. The molecule has 2 N–H and O–H groups in total. The minimum Gasteiger partial charge on any atom is -0.455 e. The van der Waals surface area contributed by atoms with E-state index in [0.29, 0.717) is 0 Å². The summed E-state index contributed by atoms with van der Waals surface area (Å²) in [6.07, 6.45) is -10.2. The number of carbonyl (C=O) groups is 6. The van der Waals surface area contributed by atoms with Crippen molar-refractivity contribution in [2.24, 2.45) is 16.7 Å². The molecule has 14 heteroatoms. The Balaban J connectivity index is 1.88. The third-order valence-electron chi connectivity index (χ3n) is 10.7. The van der Waals surface area contributed by atoms with E-state index in [4.69, 9.17) is 28.4 Å². The topological polar surface area (TPSA) is 198 Å². The van der Waals surface area contributed by atoms with Gasteiger partial charge in [-0.05, 0) is 57.9 Å². The molecule has 0 spiro atoms. The normalized spacial score (nSPS) is 36.0. The largest absolute Gasteiger partial charge is 0.509 e. The number of esters is 3. The van der Waals surface area contributed by atoms with Crippen molar-refractivity contribution >= 4 is 35.6 Å². The number of ketones is 2. The van der Waals surface area contributed by atoms with Gasteiger partial charge in [0.1, 0.15) is 35.6 Å². The van der Waals surface area contributed by atoms with Gasteiger partial charge in [0.2, 0.25) is 0 Å². The average molecular weight is 701 g/mol. The zero-order chi connectivity index (χ0) is 37.4. The first-order chi connectivity index (χ1) is 23.0. The van der Waals surface area contributed by atoms with Crippen LogP contribution in [0.1, 0.15) is 79.1 Å². The lowest BCUT2D eigenvalue weighted by Gasteiger charge is -2.67. The van der Waals surface area contributed by atoms with E-state index in [0.717, 1.165) is 13.8 Å². The van der Waals surface area contributed by atoms with Crippen LogP contribution in [0.15, 0.2) is 41.5 Å². The third kappa shape index (κ3) is 5.52. The summed E-state index contributed by atoms with van der Waals surface area (Å²) in [5.41, 5.74) is -9.95. The fourth-order valence-electron chi connectivity index (χ4n) is 8.40. The molecule has 272 valence electrons. The van der Waals surface area contributed by atoms with E-state index < -0.39 is 99.7 Å². The summed E-state index contributed by atoms with van der Waals surface area (Å²) in [4.78, 5) is 82.1. The molecule has 1 saturated heterocycles. The molecule has 0 radical (unpaired) electrons. The van der Waals surface area contributed by atoms with Crippen molar-refractivity contribution in [1.29, 1.82) is 0 Å². The van der Waals surface area contributed by atoms with Gasteiger partial charge in [-0.1, -0.05) is 32.0 Å². The third-order valence-corrected chi connectivity index (χ3v) is 10.7. The van der Waals surface area contributed by atoms with E-state index in [1.54, 1.807) is 39.0 Å². The molecule has 9 atom stereocenters. The number of hydrogen-bond donors (Lipinski definition) is 2. The van der Waals surface area contributed by atoms with Crippen molar-refractivity contribution in [1.82, 2.24) is 0 Å². The first-order valence-electron chi connectivity index (χ1n) is 16.4. The number of rotatable bonds is 5. The summed E-state index contributed by atoms with van der Waals surface area (Å²) >= 11 is 0. The van der Waals surface area contributed by atoms with Gasteiger partial charge >= 0.3 is 24.1 Å². The predicted octanol–water partition coefficient (Wildman–Crippen LogP) is 2.79. The second kappa shape index (κ2) is 12.3. The van der Waals surface area contributed by atoms with Gasteiger partial charge in [-0.3, -0.25) is 19.2 Å². The first-order valence-corrected chi connectivity index (χ1v) is 16.4. The summed E-state index contributed by atoms with van der Waals surface area (Å²) in [7, 11) is 0. The number of benzene rings is 1. The molecule has 0 amide bonds. The van der Waals surface area contributed by atoms with E-state index in [9.17, 15) is 34.2 Å². The van der Waals surface area contributed by atoms with Gasteiger partial charge in [0.15, 0.2) is 23.3 Å². The fraction of sp³-hybridized carbons (Fsp3) is 0.611. The van der Waals surface area contributed by atoms with Crippen molar-refractivity contribution in [2.75, 3.05) is 6.61 Å². The fourth-order valence-corrected chi connectivity index (χ4v) is 8.40. The van der Waals surface area contributed by atoms with E-state index in [1.165, 1.54) is 39.8 Å². The summed E-state index contributed by atoms with van der Waals surface area (Å²) in [5.74, 6) is -6.37. The van der Waals surface area contributed by atoms with Crippen LogP contribution in [0.25, 0.3) is 0 Å². The van der Waals surface area contributed by atoms with Crippen molar-refractivity contribution in [3.05, 3.63) is 47.0 Å². The number of carbonyl (C=O) groups excluding carboxylic acids is 6. The average Bonchev–Trinajstić information content (AvgIpc) is 3.00. The molecule has 4 aliphatic rings. The highest BCUT2D eigenvalue weighted by molar-refractivity contribution is 6.05. The minimum absolute atomic E-state index is 0.0191. The van der Waals surface area contributed by atoms with Crippen molar-refractivity contribution in [3.8, 4) is 0 Å². The molecule has 0 unspecified atom stereocenters. The molecule has 2 bridgehead atoms. The lowest BCUT2D eigenvalue weighted by Crippen LogP contribution is -2.83. The van der Waals surface area contributed by atoms with Crippen LogP contribution in [0.5, 0.6) is 0 Å².